The van der Waals surface area contributed by atoms with Crippen LogP contribution in [-0.4, -0.2) is 9.97 Å². The smallest absolute Gasteiger partial charge is 0.198 e. The molecule has 0 saturated carbocycles. The highest BCUT2D eigenvalue weighted by Crippen LogP contribution is 2.08. The zero-order chi connectivity index (χ0) is 7.56. The summed E-state index contributed by atoms with van der Waals surface area (Å²) in [7, 11) is 0. The second-order valence-electron chi connectivity index (χ2n) is 2.04. The van der Waals surface area contributed by atoms with E-state index < -0.39 is 0 Å². The number of aromatic amines is 1. The Balaban J connectivity index is 3.08. The molecule has 1 rings (SSSR count). The average Bonchev–Trinajstić information content (AvgIpc) is 2.30. The Kier molecular flexibility index (Phi) is 1.76. The van der Waals surface area contributed by atoms with Crippen molar-refractivity contribution in [2.45, 2.75) is 13.3 Å². The fourth-order valence-electron chi connectivity index (χ4n) is 0.882. The van der Waals surface area contributed by atoms with Gasteiger partial charge in [0.05, 0.1) is 5.69 Å². The number of hydrogen-bond acceptors (Lipinski definition) is 2. The molecule has 0 unspecified atom stereocenters. The van der Waals surface area contributed by atoms with Crippen LogP contribution in [0.2, 0.25) is 0 Å². The van der Waals surface area contributed by atoms with Crippen molar-refractivity contribution in [3.8, 4) is 0 Å². The molecule has 10 heavy (non-hydrogen) atoms. The number of imidazole rings is 1. The molecule has 0 aliphatic rings. The molecule has 0 bridgehead atoms. The molecule has 0 atom stereocenters. The third kappa shape index (κ3) is 1.03. The highest BCUT2D eigenvalue weighted by Gasteiger charge is 2.00. The molecular weight excluding hydrogens is 126 g/mol. The summed E-state index contributed by atoms with van der Waals surface area (Å²) in [6.07, 6.45) is 2.61. The zero-order valence-electron chi connectivity index (χ0n) is 6.02. The van der Waals surface area contributed by atoms with Crippen molar-refractivity contribution in [1.82, 2.24) is 9.97 Å². The lowest BCUT2D eigenvalue weighted by Crippen LogP contribution is -1.85. The van der Waals surface area contributed by atoms with Crippen LogP contribution in [0.4, 0.5) is 5.95 Å². The van der Waals surface area contributed by atoms with E-state index in [0.29, 0.717) is 5.95 Å². The fraction of sp³-hybridized carbons (Fsp3) is 0.286. The van der Waals surface area contributed by atoms with Crippen molar-refractivity contribution >= 4 is 12.0 Å². The summed E-state index contributed by atoms with van der Waals surface area (Å²) in [5.41, 5.74) is 7.33. The zero-order valence-corrected chi connectivity index (χ0v) is 6.02. The molecule has 0 aliphatic heterocycles. The van der Waals surface area contributed by atoms with Gasteiger partial charge in [-0.05, 0) is 12.5 Å². The largest absolute Gasteiger partial charge is 0.369 e. The lowest BCUT2D eigenvalue weighted by molar-refractivity contribution is 1.06. The Morgan fingerprint density at radius 3 is 2.90 bits per heavy atom. The van der Waals surface area contributed by atoms with Crippen LogP contribution >= 0.6 is 0 Å². The van der Waals surface area contributed by atoms with E-state index in [2.05, 4.69) is 16.5 Å². The van der Waals surface area contributed by atoms with Crippen LogP contribution in [0.1, 0.15) is 18.3 Å². The number of nitrogens with zero attached hydrogens (tertiary/aromatic N) is 1. The molecule has 54 valence electrons. The number of aromatic nitrogens is 2. The van der Waals surface area contributed by atoms with E-state index in [1.807, 2.05) is 6.92 Å². The third-order valence-electron chi connectivity index (χ3n) is 1.38. The summed E-state index contributed by atoms with van der Waals surface area (Å²) in [5, 5.41) is 0. The maximum Gasteiger partial charge on any atom is 0.198 e. The molecule has 1 heterocycles. The Labute approximate surface area is 60.0 Å². The minimum absolute atomic E-state index is 0.465. The fourth-order valence-corrected chi connectivity index (χ4v) is 0.882. The van der Waals surface area contributed by atoms with E-state index in [1.54, 1.807) is 6.08 Å². The van der Waals surface area contributed by atoms with Crippen molar-refractivity contribution in [2.75, 3.05) is 5.73 Å². The first-order valence-corrected chi connectivity index (χ1v) is 3.24. The van der Waals surface area contributed by atoms with E-state index in [0.717, 1.165) is 17.8 Å². The lowest BCUT2D eigenvalue weighted by atomic mass is 10.3. The first-order chi connectivity index (χ1) is 4.77. The minimum Gasteiger partial charge on any atom is -0.369 e. The Morgan fingerprint density at radius 2 is 2.50 bits per heavy atom. The first kappa shape index (κ1) is 6.86. The highest BCUT2D eigenvalue weighted by atomic mass is 15.0. The summed E-state index contributed by atoms with van der Waals surface area (Å²) in [4.78, 5) is 6.94. The Bertz CT molecular complexity index is 237. The second kappa shape index (κ2) is 2.56. The average molecular weight is 137 g/mol. The molecule has 3 heteroatoms. The number of nitrogens with two attached hydrogens (primary N) is 1. The highest BCUT2D eigenvalue weighted by molar-refractivity contribution is 5.48. The standard InChI is InChI=1S/C7H11N3/c1-3-5-6(4-2)10-7(8)9-5/h3H,1,4H2,2H3,(H3,8,9,10). The lowest BCUT2D eigenvalue weighted by Gasteiger charge is -1.88. The molecule has 0 spiro atoms. The second-order valence-corrected chi connectivity index (χ2v) is 2.04. The van der Waals surface area contributed by atoms with Gasteiger partial charge in [-0.1, -0.05) is 13.5 Å². The summed E-state index contributed by atoms with van der Waals surface area (Å²) in [6, 6.07) is 0. The SMILES string of the molecule is C=Cc1nc(N)[nH]c1CC. The molecular formula is C7H11N3. The van der Waals surface area contributed by atoms with Crippen molar-refractivity contribution in [3.05, 3.63) is 18.0 Å². The van der Waals surface area contributed by atoms with Gasteiger partial charge in [0.2, 0.25) is 0 Å². The van der Waals surface area contributed by atoms with E-state index >= 15 is 0 Å². The van der Waals surface area contributed by atoms with E-state index in [1.165, 1.54) is 0 Å². The number of aryl methyl sites for hydroxylation is 1. The quantitative estimate of drug-likeness (QED) is 0.643. The van der Waals surface area contributed by atoms with Gasteiger partial charge in [-0.3, -0.25) is 0 Å². The monoisotopic (exact) mass is 137 g/mol. The molecule has 0 fully saturated rings. The van der Waals surface area contributed by atoms with Gasteiger partial charge in [0.25, 0.3) is 0 Å². The number of nitrogen functional groups attached to an aromatic ring is 1. The number of rotatable bonds is 2. The molecule has 1 aromatic heterocycles. The van der Waals surface area contributed by atoms with Crippen molar-refractivity contribution in [2.24, 2.45) is 0 Å². The number of hydrogen-bond donors (Lipinski definition) is 2. The van der Waals surface area contributed by atoms with Gasteiger partial charge in [0.1, 0.15) is 0 Å². The van der Waals surface area contributed by atoms with E-state index in [-0.39, 0.29) is 0 Å². The molecule has 1 aromatic rings. The molecule has 0 radical (unpaired) electrons. The van der Waals surface area contributed by atoms with Crippen molar-refractivity contribution < 1.29 is 0 Å². The number of anilines is 1. The maximum atomic E-state index is 5.42. The van der Waals surface area contributed by atoms with Crippen molar-refractivity contribution in [3.63, 3.8) is 0 Å². The summed E-state index contributed by atoms with van der Waals surface area (Å²) < 4.78 is 0. The van der Waals surface area contributed by atoms with Crippen LogP contribution in [0.3, 0.4) is 0 Å². The number of H-pyrrole nitrogens is 1. The molecule has 0 amide bonds. The van der Waals surface area contributed by atoms with Crippen LogP contribution in [0, 0.1) is 0 Å². The van der Waals surface area contributed by atoms with E-state index in [9.17, 15) is 0 Å². The molecule has 0 aliphatic carbocycles. The molecule has 0 aromatic carbocycles. The Morgan fingerprint density at radius 1 is 1.80 bits per heavy atom. The van der Waals surface area contributed by atoms with Crippen LogP contribution in [0.25, 0.3) is 6.08 Å². The van der Waals surface area contributed by atoms with Crippen LogP contribution in [0.5, 0.6) is 0 Å². The Hall–Kier alpha value is -1.25. The third-order valence-corrected chi connectivity index (χ3v) is 1.38. The summed E-state index contributed by atoms with van der Waals surface area (Å²) in [6.45, 7) is 5.66. The molecule has 3 N–H and O–H groups in total. The van der Waals surface area contributed by atoms with Gasteiger partial charge in [0.15, 0.2) is 5.95 Å². The van der Waals surface area contributed by atoms with Gasteiger partial charge >= 0.3 is 0 Å². The van der Waals surface area contributed by atoms with Gasteiger partial charge in [-0.25, -0.2) is 4.98 Å². The van der Waals surface area contributed by atoms with Gasteiger partial charge in [-0.15, -0.1) is 0 Å². The predicted molar refractivity (Wildman–Crippen MR) is 42.5 cm³/mol. The minimum atomic E-state index is 0.465. The summed E-state index contributed by atoms with van der Waals surface area (Å²) in [5.74, 6) is 0.465. The topological polar surface area (TPSA) is 54.7 Å². The van der Waals surface area contributed by atoms with Crippen LogP contribution in [-0.2, 0) is 6.42 Å². The number of nitrogens with one attached hydrogen (secondary N) is 1. The predicted octanol–water partition coefficient (Wildman–Crippen LogP) is 1.20. The normalized spacial score (nSPS) is 9.70. The maximum absolute atomic E-state index is 5.42. The van der Waals surface area contributed by atoms with Crippen LogP contribution < -0.4 is 5.73 Å². The van der Waals surface area contributed by atoms with Gasteiger partial charge < -0.3 is 10.7 Å². The summed E-state index contributed by atoms with van der Waals surface area (Å²) >= 11 is 0. The molecule has 0 saturated heterocycles. The van der Waals surface area contributed by atoms with E-state index in [4.69, 9.17) is 5.73 Å². The van der Waals surface area contributed by atoms with Crippen molar-refractivity contribution in [1.29, 1.82) is 0 Å². The van der Waals surface area contributed by atoms with Crippen LogP contribution in [0.15, 0.2) is 6.58 Å². The molecule has 3 nitrogen and oxygen atoms in total. The van der Waals surface area contributed by atoms with Gasteiger partial charge in [0, 0.05) is 5.69 Å². The first-order valence-electron chi connectivity index (χ1n) is 3.24. The van der Waals surface area contributed by atoms with Gasteiger partial charge in [-0.2, -0.15) is 0 Å².